The maximum atomic E-state index is 14.0. The molecular formula is C31H36ClN3O5S. The van der Waals surface area contributed by atoms with E-state index >= 15 is 0 Å². The Hall–Kier alpha value is -3.56. The molecule has 0 saturated heterocycles. The van der Waals surface area contributed by atoms with Crippen molar-refractivity contribution in [3.05, 3.63) is 89.4 Å². The van der Waals surface area contributed by atoms with Crippen LogP contribution in [0.15, 0.2) is 83.8 Å². The molecule has 3 aromatic carbocycles. The summed E-state index contributed by atoms with van der Waals surface area (Å²) in [5, 5.41) is 3.62. The van der Waals surface area contributed by atoms with Crippen LogP contribution in [-0.2, 0) is 26.2 Å². The van der Waals surface area contributed by atoms with Crippen molar-refractivity contribution in [2.75, 3.05) is 17.5 Å². The van der Waals surface area contributed by atoms with E-state index in [1.807, 2.05) is 6.92 Å². The fourth-order valence-corrected chi connectivity index (χ4v) is 6.45. The summed E-state index contributed by atoms with van der Waals surface area (Å²) in [7, 11) is -4.12. The van der Waals surface area contributed by atoms with Gasteiger partial charge < -0.3 is 15.0 Å². The minimum Gasteiger partial charge on any atom is -0.494 e. The number of amides is 2. The Balaban J connectivity index is 1.67. The lowest BCUT2D eigenvalue weighted by Crippen LogP contribution is -2.52. The van der Waals surface area contributed by atoms with Crippen molar-refractivity contribution in [2.45, 2.75) is 63.1 Å². The predicted octanol–water partition coefficient (Wildman–Crippen LogP) is 5.41. The largest absolute Gasteiger partial charge is 0.494 e. The lowest BCUT2D eigenvalue weighted by molar-refractivity contribution is -0.139. The van der Waals surface area contributed by atoms with Crippen molar-refractivity contribution in [3.8, 4) is 5.75 Å². The molecule has 4 rings (SSSR count). The number of carbonyl (C=O) groups is 2. The summed E-state index contributed by atoms with van der Waals surface area (Å²) in [6.45, 7) is 3.60. The third-order valence-corrected chi connectivity index (χ3v) is 9.22. The van der Waals surface area contributed by atoms with E-state index in [2.05, 4.69) is 5.32 Å². The van der Waals surface area contributed by atoms with Gasteiger partial charge >= 0.3 is 0 Å². The highest BCUT2D eigenvalue weighted by molar-refractivity contribution is 7.92. The predicted molar refractivity (Wildman–Crippen MR) is 160 cm³/mol. The molecular weight excluding hydrogens is 562 g/mol. The molecule has 10 heteroatoms. The van der Waals surface area contributed by atoms with Gasteiger partial charge in [-0.1, -0.05) is 54.8 Å². The second kappa shape index (κ2) is 13.9. The van der Waals surface area contributed by atoms with Crippen molar-refractivity contribution in [3.63, 3.8) is 0 Å². The third-order valence-electron chi connectivity index (χ3n) is 7.18. The van der Waals surface area contributed by atoms with Gasteiger partial charge in [0.2, 0.25) is 11.8 Å². The van der Waals surface area contributed by atoms with Crippen LogP contribution < -0.4 is 14.4 Å². The number of hydrogen-bond acceptors (Lipinski definition) is 5. The molecule has 3 aromatic rings. The number of nitrogens with one attached hydrogen (secondary N) is 1. The lowest BCUT2D eigenvalue weighted by Gasteiger charge is -2.32. The summed E-state index contributed by atoms with van der Waals surface area (Å²) in [6, 6.07) is 20.8. The van der Waals surface area contributed by atoms with Crippen LogP contribution in [0.3, 0.4) is 0 Å². The number of carbonyl (C=O) groups excluding carboxylic acids is 2. The molecule has 0 bridgehead atoms. The van der Waals surface area contributed by atoms with Gasteiger partial charge in [-0.2, -0.15) is 0 Å². The van der Waals surface area contributed by atoms with E-state index in [4.69, 9.17) is 16.3 Å². The number of nitrogens with zero attached hydrogens (tertiary/aromatic N) is 2. The maximum absolute atomic E-state index is 14.0. The molecule has 0 heterocycles. The van der Waals surface area contributed by atoms with Crippen molar-refractivity contribution in [1.29, 1.82) is 0 Å². The summed E-state index contributed by atoms with van der Waals surface area (Å²) in [4.78, 5) is 28.8. The molecule has 1 aliphatic rings. The molecule has 8 nitrogen and oxygen atoms in total. The van der Waals surface area contributed by atoms with Crippen molar-refractivity contribution in [2.24, 2.45) is 0 Å². The van der Waals surface area contributed by atoms with E-state index in [1.54, 1.807) is 73.7 Å². The second-order valence-corrected chi connectivity index (χ2v) is 12.4. The third kappa shape index (κ3) is 7.80. The number of sulfonamides is 1. The normalized spacial score (nSPS) is 14.3. The fraction of sp³-hybridized carbons (Fsp3) is 0.355. The van der Waals surface area contributed by atoms with Gasteiger partial charge in [-0.15, -0.1) is 0 Å². The first kappa shape index (κ1) is 30.4. The van der Waals surface area contributed by atoms with Gasteiger partial charge in [0.1, 0.15) is 18.3 Å². The Morgan fingerprint density at radius 2 is 1.61 bits per heavy atom. The Bertz CT molecular complexity index is 1410. The Morgan fingerprint density at radius 3 is 2.22 bits per heavy atom. The Morgan fingerprint density at radius 1 is 0.976 bits per heavy atom. The zero-order chi connectivity index (χ0) is 29.4. The molecule has 1 saturated carbocycles. The van der Waals surface area contributed by atoms with Gasteiger partial charge in [0.05, 0.1) is 17.2 Å². The first-order valence-electron chi connectivity index (χ1n) is 13.8. The minimum atomic E-state index is -4.12. The van der Waals surface area contributed by atoms with Crippen LogP contribution >= 0.6 is 11.6 Å². The minimum absolute atomic E-state index is 0.0537. The average molecular weight is 598 g/mol. The number of rotatable bonds is 12. The molecule has 218 valence electrons. The highest BCUT2D eigenvalue weighted by atomic mass is 35.5. The van der Waals surface area contributed by atoms with E-state index in [-0.39, 0.29) is 23.4 Å². The molecule has 0 aromatic heterocycles. The number of hydrogen-bond donors (Lipinski definition) is 1. The first-order chi connectivity index (χ1) is 19.7. The monoisotopic (exact) mass is 597 g/mol. The van der Waals surface area contributed by atoms with Gasteiger partial charge in [0.15, 0.2) is 0 Å². The van der Waals surface area contributed by atoms with Crippen LogP contribution in [-0.4, -0.2) is 50.4 Å². The molecule has 1 fully saturated rings. The van der Waals surface area contributed by atoms with Crippen LogP contribution in [0, 0.1) is 0 Å². The standard InChI is InChI=1S/C31H36ClN3O5S/c1-3-40-28-19-17-27(18-20-28)35(41(38,39)29-11-5-4-6-12-29)22-30(36)34(21-24-13-15-25(32)16-14-24)23(2)31(37)33-26-9-7-8-10-26/h4-6,11-20,23,26H,3,7-10,21-22H2,1-2H3,(H,33,37). The molecule has 0 spiro atoms. The smallest absolute Gasteiger partial charge is 0.264 e. The first-order valence-corrected chi connectivity index (χ1v) is 15.7. The van der Waals surface area contributed by atoms with Crippen LogP contribution in [0.4, 0.5) is 5.69 Å². The molecule has 41 heavy (non-hydrogen) atoms. The highest BCUT2D eigenvalue weighted by Crippen LogP contribution is 2.27. The van der Waals surface area contributed by atoms with Crippen molar-refractivity contribution < 1.29 is 22.7 Å². The average Bonchev–Trinajstić information content (AvgIpc) is 3.49. The second-order valence-electron chi connectivity index (χ2n) is 10.1. The molecule has 2 amide bonds. The van der Waals surface area contributed by atoms with Crippen LogP contribution in [0.1, 0.15) is 45.1 Å². The summed E-state index contributed by atoms with van der Waals surface area (Å²) >= 11 is 6.07. The van der Waals surface area contributed by atoms with Gasteiger partial charge in [0, 0.05) is 17.6 Å². The Kier molecular flexibility index (Phi) is 10.3. The van der Waals surface area contributed by atoms with E-state index < -0.39 is 28.5 Å². The summed E-state index contributed by atoms with van der Waals surface area (Å²) in [5.41, 5.74) is 1.07. The summed E-state index contributed by atoms with van der Waals surface area (Å²) < 4.78 is 34.3. The molecule has 0 aliphatic heterocycles. The summed E-state index contributed by atoms with van der Waals surface area (Å²) in [6.07, 6.45) is 3.93. The van der Waals surface area contributed by atoms with Crippen LogP contribution in [0.25, 0.3) is 0 Å². The number of benzene rings is 3. The van der Waals surface area contributed by atoms with Crippen LogP contribution in [0.2, 0.25) is 5.02 Å². The number of anilines is 1. The topological polar surface area (TPSA) is 96.0 Å². The van der Waals surface area contributed by atoms with Gasteiger partial charge in [-0.3, -0.25) is 13.9 Å². The van der Waals surface area contributed by atoms with Crippen molar-refractivity contribution >= 4 is 39.1 Å². The van der Waals surface area contributed by atoms with E-state index in [1.165, 1.54) is 17.0 Å². The van der Waals surface area contributed by atoms with Crippen molar-refractivity contribution in [1.82, 2.24) is 10.2 Å². The summed E-state index contributed by atoms with van der Waals surface area (Å²) in [5.74, 6) is -0.193. The van der Waals surface area contributed by atoms with E-state index in [9.17, 15) is 18.0 Å². The molecule has 1 aliphatic carbocycles. The van der Waals surface area contributed by atoms with E-state index in [0.717, 1.165) is 35.6 Å². The van der Waals surface area contributed by atoms with Crippen LogP contribution in [0.5, 0.6) is 5.75 Å². The number of ether oxygens (including phenoxy) is 1. The molecule has 1 N–H and O–H groups in total. The van der Waals surface area contributed by atoms with Gasteiger partial charge in [-0.25, -0.2) is 8.42 Å². The fourth-order valence-electron chi connectivity index (χ4n) is 4.88. The van der Waals surface area contributed by atoms with E-state index in [0.29, 0.717) is 23.1 Å². The SMILES string of the molecule is CCOc1ccc(N(CC(=O)N(Cc2ccc(Cl)cc2)C(C)C(=O)NC2CCCC2)S(=O)(=O)c2ccccc2)cc1. The molecule has 1 unspecified atom stereocenters. The Labute approximate surface area is 247 Å². The lowest BCUT2D eigenvalue weighted by atomic mass is 10.1. The highest BCUT2D eigenvalue weighted by Gasteiger charge is 2.33. The van der Waals surface area contributed by atoms with Gasteiger partial charge in [0.25, 0.3) is 10.0 Å². The molecule has 0 radical (unpaired) electrons. The molecule has 1 atom stereocenters. The van der Waals surface area contributed by atoms with Gasteiger partial charge in [-0.05, 0) is 80.8 Å². The quantitative estimate of drug-likeness (QED) is 0.301. The zero-order valence-corrected chi connectivity index (χ0v) is 24.9. The zero-order valence-electron chi connectivity index (χ0n) is 23.3. The number of halogens is 1. The maximum Gasteiger partial charge on any atom is 0.264 e.